The molecule has 0 aliphatic carbocycles. The molecule has 2 aromatic carbocycles. The molecular formula is C16H12N2O3. The van der Waals surface area contributed by atoms with Crippen LogP contribution in [-0.2, 0) is 0 Å². The van der Waals surface area contributed by atoms with Gasteiger partial charge in [-0.05, 0) is 12.1 Å². The summed E-state index contributed by atoms with van der Waals surface area (Å²) in [5.74, 6) is 2.39. The molecule has 0 spiro atoms. The highest BCUT2D eigenvalue weighted by molar-refractivity contribution is 5.53. The van der Waals surface area contributed by atoms with Crippen LogP contribution in [0.5, 0.6) is 11.5 Å². The van der Waals surface area contributed by atoms with Crippen molar-refractivity contribution in [3.05, 3.63) is 60.5 Å². The molecule has 0 saturated heterocycles. The van der Waals surface area contributed by atoms with Gasteiger partial charge in [0.1, 0.15) is 6.61 Å². The summed E-state index contributed by atoms with van der Waals surface area (Å²) in [4.78, 5) is 4.39. The first-order valence-corrected chi connectivity index (χ1v) is 6.68. The lowest BCUT2D eigenvalue weighted by Crippen LogP contribution is -2.21. The summed E-state index contributed by atoms with van der Waals surface area (Å²) < 4.78 is 16.8. The van der Waals surface area contributed by atoms with Crippen LogP contribution < -0.4 is 9.47 Å². The Morgan fingerprint density at radius 2 is 1.67 bits per heavy atom. The lowest BCUT2D eigenvalue weighted by molar-refractivity contribution is 0.0665. The van der Waals surface area contributed by atoms with E-state index in [1.165, 1.54) is 0 Å². The van der Waals surface area contributed by atoms with E-state index in [1.807, 2.05) is 54.6 Å². The van der Waals surface area contributed by atoms with Crippen molar-refractivity contribution in [2.75, 3.05) is 6.61 Å². The number of aromatic nitrogens is 2. The molecule has 0 saturated carbocycles. The SMILES string of the molecule is c1ccc(-c2noc(C3COc4ccccc4O3)n2)cc1. The summed E-state index contributed by atoms with van der Waals surface area (Å²) >= 11 is 0. The molecule has 21 heavy (non-hydrogen) atoms. The second-order valence-corrected chi connectivity index (χ2v) is 4.69. The van der Waals surface area contributed by atoms with Gasteiger partial charge in [0.15, 0.2) is 11.5 Å². The fourth-order valence-electron chi connectivity index (χ4n) is 2.21. The van der Waals surface area contributed by atoms with E-state index in [4.69, 9.17) is 14.0 Å². The molecule has 1 aliphatic heterocycles. The van der Waals surface area contributed by atoms with Gasteiger partial charge in [0.25, 0.3) is 5.89 Å². The molecule has 5 heteroatoms. The molecule has 1 aromatic heterocycles. The van der Waals surface area contributed by atoms with Crippen LogP contribution in [-0.4, -0.2) is 16.7 Å². The van der Waals surface area contributed by atoms with Crippen LogP contribution in [0.4, 0.5) is 0 Å². The Hall–Kier alpha value is -2.82. The largest absolute Gasteiger partial charge is 0.485 e. The van der Waals surface area contributed by atoms with Crippen LogP contribution >= 0.6 is 0 Å². The average Bonchev–Trinajstić information content (AvgIpc) is 3.05. The third-order valence-electron chi connectivity index (χ3n) is 3.26. The van der Waals surface area contributed by atoms with Crippen LogP contribution in [0, 0.1) is 0 Å². The van der Waals surface area contributed by atoms with E-state index >= 15 is 0 Å². The highest BCUT2D eigenvalue weighted by Crippen LogP contribution is 2.35. The summed E-state index contributed by atoms with van der Waals surface area (Å²) in [5, 5.41) is 4.00. The Bertz CT molecular complexity index is 755. The molecular weight excluding hydrogens is 268 g/mol. The van der Waals surface area contributed by atoms with Crippen LogP contribution in [0.15, 0.2) is 59.1 Å². The molecule has 1 atom stereocenters. The van der Waals surface area contributed by atoms with Gasteiger partial charge in [-0.3, -0.25) is 0 Å². The van der Waals surface area contributed by atoms with Crippen molar-refractivity contribution in [2.45, 2.75) is 6.10 Å². The number of nitrogens with zero attached hydrogens (tertiary/aromatic N) is 2. The lowest BCUT2D eigenvalue weighted by Gasteiger charge is -2.23. The van der Waals surface area contributed by atoms with E-state index in [2.05, 4.69) is 10.1 Å². The van der Waals surface area contributed by atoms with E-state index in [0.717, 1.165) is 11.3 Å². The molecule has 0 bridgehead atoms. The Labute approximate surface area is 121 Å². The van der Waals surface area contributed by atoms with Crippen molar-refractivity contribution in [2.24, 2.45) is 0 Å². The summed E-state index contributed by atoms with van der Waals surface area (Å²) in [6, 6.07) is 17.2. The lowest BCUT2D eigenvalue weighted by atomic mass is 10.2. The zero-order chi connectivity index (χ0) is 14.1. The number of hydrogen-bond donors (Lipinski definition) is 0. The first-order chi connectivity index (χ1) is 10.4. The Morgan fingerprint density at radius 3 is 2.52 bits per heavy atom. The fourth-order valence-corrected chi connectivity index (χ4v) is 2.21. The maximum Gasteiger partial charge on any atom is 0.271 e. The van der Waals surface area contributed by atoms with E-state index in [-0.39, 0.29) is 6.10 Å². The van der Waals surface area contributed by atoms with Gasteiger partial charge in [-0.25, -0.2) is 0 Å². The normalized spacial score (nSPS) is 16.7. The van der Waals surface area contributed by atoms with E-state index < -0.39 is 0 Å². The van der Waals surface area contributed by atoms with E-state index in [1.54, 1.807) is 0 Å². The minimum absolute atomic E-state index is 0.355. The minimum atomic E-state index is -0.384. The number of para-hydroxylation sites is 2. The molecule has 0 amide bonds. The van der Waals surface area contributed by atoms with Crippen LogP contribution in [0.25, 0.3) is 11.4 Å². The number of benzene rings is 2. The summed E-state index contributed by atoms with van der Waals surface area (Å²) in [5.41, 5.74) is 0.907. The molecule has 1 aliphatic rings. The number of hydrogen-bond acceptors (Lipinski definition) is 5. The van der Waals surface area contributed by atoms with Gasteiger partial charge >= 0.3 is 0 Å². The Kier molecular flexibility index (Phi) is 2.81. The smallest absolute Gasteiger partial charge is 0.271 e. The second kappa shape index (κ2) is 4.94. The molecule has 104 valence electrons. The molecule has 0 fully saturated rings. The zero-order valence-corrected chi connectivity index (χ0v) is 11.1. The first kappa shape index (κ1) is 12.0. The molecule has 1 unspecified atom stereocenters. The van der Waals surface area contributed by atoms with Crippen LogP contribution in [0.1, 0.15) is 12.0 Å². The van der Waals surface area contributed by atoms with Gasteiger partial charge in [-0.2, -0.15) is 4.98 Å². The third kappa shape index (κ3) is 2.23. The molecule has 4 rings (SSSR count). The van der Waals surface area contributed by atoms with E-state index in [0.29, 0.717) is 24.1 Å². The van der Waals surface area contributed by atoms with Crippen molar-refractivity contribution >= 4 is 0 Å². The van der Waals surface area contributed by atoms with Crippen molar-refractivity contribution < 1.29 is 14.0 Å². The van der Waals surface area contributed by atoms with Gasteiger partial charge in [-0.15, -0.1) is 0 Å². The molecule has 3 aromatic rings. The maximum absolute atomic E-state index is 5.85. The average molecular weight is 280 g/mol. The third-order valence-corrected chi connectivity index (χ3v) is 3.26. The van der Waals surface area contributed by atoms with Crippen molar-refractivity contribution in [1.82, 2.24) is 10.1 Å². The monoisotopic (exact) mass is 280 g/mol. The highest BCUT2D eigenvalue weighted by atomic mass is 16.6. The molecule has 2 heterocycles. The highest BCUT2D eigenvalue weighted by Gasteiger charge is 2.27. The summed E-state index contributed by atoms with van der Waals surface area (Å²) in [6.07, 6.45) is -0.384. The molecule has 0 N–H and O–H groups in total. The Balaban J connectivity index is 1.60. The number of ether oxygens (including phenoxy) is 2. The topological polar surface area (TPSA) is 57.4 Å². The van der Waals surface area contributed by atoms with Crippen molar-refractivity contribution in [3.8, 4) is 22.9 Å². The number of fused-ring (bicyclic) bond motifs is 1. The Morgan fingerprint density at radius 1 is 0.905 bits per heavy atom. The van der Waals surface area contributed by atoms with Crippen molar-refractivity contribution in [1.29, 1.82) is 0 Å². The second-order valence-electron chi connectivity index (χ2n) is 4.69. The van der Waals surface area contributed by atoms with Crippen LogP contribution in [0.2, 0.25) is 0 Å². The van der Waals surface area contributed by atoms with E-state index in [9.17, 15) is 0 Å². The van der Waals surface area contributed by atoms with Gasteiger partial charge in [-0.1, -0.05) is 47.6 Å². The standard InChI is InChI=1S/C16H12N2O3/c1-2-6-11(7-3-1)15-17-16(21-18-15)14-10-19-12-8-4-5-9-13(12)20-14/h1-9,14H,10H2. The van der Waals surface area contributed by atoms with Crippen molar-refractivity contribution in [3.63, 3.8) is 0 Å². The van der Waals surface area contributed by atoms with Crippen LogP contribution in [0.3, 0.4) is 0 Å². The summed E-state index contributed by atoms with van der Waals surface area (Å²) in [6.45, 7) is 0.355. The van der Waals surface area contributed by atoms with Gasteiger partial charge < -0.3 is 14.0 Å². The van der Waals surface area contributed by atoms with Gasteiger partial charge in [0.2, 0.25) is 11.9 Å². The minimum Gasteiger partial charge on any atom is -0.485 e. The quantitative estimate of drug-likeness (QED) is 0.721. The maximum atomic E-state index is 5.85. The van der Waals surface area contributed by atoms with Gasteiger partial charge in [0.05, 0.1) is 0 Å². The molecule has 5 nitrogen and oxygen atoms in total. The molecule has 0 radical (unpaired) electrons. The first-order valence-electron chi connectivity index (χ1n) is 6.68. The predicted octanol–water partition coefficient (Wildman–Crippen LogP) is 3.25. The number of rotatable bonds is 2. The van der Waals surface area contributed by atoms with Gasteiger partial charge in [0, 0.05) is 5.56 Å². The predicted molar refractivity (Wildman–Crippen MR) is 75.0 cm³/mol. The zero-order valence-electron chi connectivity index (χ0n) is 11.1. The summed E-state index contributed by atoms with van der Waals surface area (Å²) in [7, 11) is 0. The fraction of sp³-hybridized carbons (Fsp3) is 0.125.